The van der Waals surface area contributed by atoms with Crippen LogP contribution in [0.2, 0.25) is 5.02 Å². The number of allylic oxidation sites excluding steroid dienone is 3. The Morgan fingerprint density at radius 3 is 2.53 bits per heavy atom. The average molecular weight is 572 g/mol. The van der Waals surface area contributed by atoms with Gasteiger partial charge in [0.2, 0.25) is 0 Å². The maximum absolute atomic E-state index is 12.9. The minimum absolute atomic E-state index is 0.0803. The first-order valence-electron chi connectivity index (χ1n) is 10.7. The zero-order valence-electron chi connectivity index (χ0n) is 20.1. The molecule has 0 fully saturated rings. The molecule has 1 atom stereocenters. The molecule has 7 nitrogen and oxygen atoms in total. The number of imidazole rings is 1. The van der Waals surface area contributed by atoms with E-state index >= 15 is 0 Å². The van der Waals surface area contributed by atoms with Crippen LogP contribution in [0.15, 0.2) is 56.7 Å². The molecular formula is C24H29BrCl2N4O3. The topological polar surface area (TPSA) is 78.2 Å². The number of pyridine rings is 1. The Morgan fingerprint density at radius 2 is 2.00 bits per heavy atom. The van der Waals surface area contributed by atoms with Crippen molar-refractivity contribution in [2.75, 3.05) is 11.9 Å². The fraction of sp³-hybridized carbons (Fsp3) is 0.375. The second-order valence-corrected chi connectivity index (χ2v) is 9.76. The van der Waals surface area contributed by atoms with Crippen molar-refractivity contribution in [2.45, 2.75) is 46.7 Å². The second kappa shape index (κ2) is 11.9. The standard InChI is InChI=1S/C24H29BrCl2N4O3/c1-8-34-23(33)20-21(31(14(4)5)24(25)29-20)19(17(13(2)3)10-9-15(6)26)28-18-11-16(27)12-30(7)22(18)32/h9-12,14,19,28H,2,8H2,1,3-7H3/b15-9+,17-10+. The highest BCUT2D eigenvalue weighted by Gasteiger charge is 2.32. The van der Waals surface area contributed by atoms with Crippen molar-refractivity contribution in [3.05, 3.63) is 78.7 Å². The lowest BCUT2D eigenvalue weighted by Gasteiger charge is -2.27. The minimum atomic E-state index is -0.712. The summed E-state index contributed by atoms with van der Waals surface area (Å²) in [6.45, 7) is 13.6. The van der Waals surface area contributed by atoms with Crippen molar-refractivity contribution >= 4 is 50.8 Å². The number of hydrogen-bond donors (Lipinski definition) is 1. The molecule has 0 saturated heterocycles. The molecule has 0 bridgehead atoms. The van der Waals surface area contributed by atoms with Gasteiger partial charge in [0.05, 0.1) is 23.4 Å². The van der Waals surface area contributed by atoms with Crippen molar-refractivity contribution in [3.8, 4) is 0 Å². The fourth-order valence-electron chi connectivity index (χ4n) is 3.45. The minimum Gasteiger partial charge on any atom is -0.461 e. The molecule has 0 amide bonds. The third kappa shape index (κ3) is 6.43. The van der Waals surface area contributed by atoms with E-state index in [0.717, 1.165) is 0 Å². The molecule has 0 saturated carbocycles. The summed E-state index contributed by atoms with van der Waals surface area (Å²) in [5.74, 6) is -0.575. The largest absolute Gasteiger partial charge is 0.461 e. The van der Waals surface area contributed by atoms with Crippen LogP contribution in [0.4, 0.5) is 5.69 Å². The smallest absolute Gasteiger partial charge is 0.358 e. The van der Waals surface area contributed by atoms with Crippen LogP contribution < -0.4 is 10.9 Å². The Kier molecular flexibility index (Phi) is 9.79. The number of hydrogen-bond acceptors (Lipinski definition) is 5. The van der Waals surface area contributed by atoms with Gasteiger partial charge >= 0.3 is 5.97 Å². The maximum Gasteiger partial charge on any atom is 0.358 e. The van der Waals surface area contributed by atoms with Gasteiger partial charge in [-0.05, 0) is 68.3 Å². The van der Waals surface area contributed by atoms with E-state index in [1.807, 2.05) is 25.3 Å². The van der Waals surface area contributed by atoms with E-state index in [-0.39, 0.29) is 29.6 Å². The zero-order valence-corrected chi connectivity index (χ0v) is 23.2. The molecule has 1 N–H and O–H groups in total. The first-order chi connectivity index (χ1) is 15.9. The highest BCUT2D eigenvalue weighted by molar-refractivity contribution is 9.10. The predicted octanol–water partition coefficient (Wildman–Crippen LogP) is 6.55. The molecular weight excluding hydrogens is 543 g/mol. The van der Waals surface area contributed by atoms with Crippen LogP contribution in [0.25, 0.3) is 0 Å². The molecule has 2 heterocycles. The molecule has 0 aliphatic rings. The van der Waals surface area contributed by atoms with Gasteiger partial charge in [-0.2, -0.15) is 0 Å². The lowest BCUT2D eigenvalue weighted by atomic mass is 9.95. The maximum atomic E-state index is 12.9. The van der Waals surface area contributed by atoms with Gasteiger partial charge < -0.3 is 19.2 Å². The number of carbonyl (C=O) groups is 1. The van der Waals surface area contributed by atoms with Crippen LogP contribution in [0.3, 0.4) is 0 Å². The predicted molar refractivity (Wildman–Crippen MR) is 142 cm³/mol. The van der Waals surface area contributed by atoms with Crippen LogP contribution in [-0.2, 0) is 11.8 Å². The van der Waals surface area contributed by atoms with Crippen LogP contribution >= 0.6 is 39.1 Å². The van der Waals surface area contributed by atoms with Gasteiger partial charge in [0.15, 0.2) is 10.4 Å². The van der Waals surface area contributed by atoms with Gasteiger partial charge in [0.1, 0.15) is 5.69 Å². The Morgan fingerprint density at radius 1 is 1.35 bits per heavy atom. The van der Waals surface area contributed by atoms with E-state index in [2.05, 4.69) is 32.8 Å². The number of halogens is 3. The number of aromatic nitrogens is 3. The summed E-state index contributed by atoms with van der Waals surface area (Å²) in [6, 6.07) is 0.754. The van der Waals surface area contributed by atoms with Crippen LogP contribution in [0.1, 0.15) is 62.9 Å². The van der Waals surface area contributed by atoms with Gasteiger partial charge in [-0.15, -0.1) is 0 Å². The number of aryl methyl sites for hydroxylation is 1. The molecule has 0 aliphatic carbocycles. The van der Waals surface area contributed by atoms with Crippen LogP contribution in [0, 0.1) is 0 Å². The number of carbonyl (C=O) groups excluding carboxylic acids is 1. The number of esters is 1. The first-order valence-corrected chi connectivity index (χ1v) is 12.2. The van der Waals surface area contributed by atoms with Crippen molar-refractivity contribution in [2.24, 2.45) is 7.05 Å². The van der Waals surface area contributed by atoms with Gasteiger partial charge in [0.25, 0.3) is 5.56 Å². The van der Waals surface area contributed by atoms with Crippen molar-refractivity contribution in [1.29, 1.82) is 0 Å². The van der Waals surface area contributed by atoms with E-state index in [0.29, 0.717) is 31.6 Å². The van der Waals surface area contributed by atoms with Crippen molar-refractivity contribution in [3.63, 3.8) is 0 Å². The van der Waals surface area contributed by atoms with E-state index in [1.165, 1.54) is 10.8 Å². The third-order valence-electron chi connectivity index (χ3n) is 4.91. The second-order valence-electron chi connectivity index (χ2n) is 8.02. The van der Waals surface area contributed by atoms with Gasteiger partial charge in [-0.3, -0.25) is 4.79 Å². The van der Waals surface area contributed by atoms with E-state index < -0.39 is 12.0 Å². The summed E-state index contributed by atoms with van der Waals surface area (Å²) in [4.78, 5) is 30.3. The summed E-state index contributed by atoms with van der Waals surface area (Å²) >= 11 is 15.8. The average Bonchev–Trinajstić information content (AvgIpc) is 3.07. The number of nitrogens with zero attached hydrogens (tertiary/aromatic N) is 3. The fourth-order valence-corrected chi connectivity index (χ4v) is 4.54. The molecule has 0 radical (unpaired) electrons. The molecule has 0 aliphatic heterocycles. The Bertz CT molecular complexity index is 1210. The number of nitrogens with one attached hydrogen (secondary N) is 1. The van der Waals surface area contributed by atoms with E-state index in [4.69, 9.17) is 27.9 Å². The Hall–Kier alpha value is -2.29. The molecule has 184 valence electrons. The summed E-state index contributed by atoms with van der Waals surface area (Å²) in [5.41, 5.74) is 2.00. The van der Waals surface area contributed by atoms with Crippen molar-refractivity contribution < 1.29 is 9.53 Å². The van der Waals surface area contributed by atoms with E-state index in [9.17, 15) is 9.59 Å². The van der Waals surface area contributed by atoms with Gasteiger partial charge in [0, 0.05) is 24.3 Å². The first kappa shape index (κ1) is 28.0. The Labute approximate surface area is 218 Å². The van der Waals surface area contributed by atoms with Gasteiger partial charge in [-0.1, -0.05) is 41.4 Å². The Balaban J connectivity index is 2.93. The quantitative estimate of drug-likeness (QED) is 0.272. The number of rotatable bonds is 9. The van der Waals surface area contributed by atoms with Crippen LogP contribution in [-0.4, -0.2) is 26.7 Å². The lowest BCUT2D eigenvalue weighted by molar-refractivity contribution is 0.0518. The van der Waals surface area contributed by atoms with Gasteiger partial charge in [-0.25, -0.2) is 9.78 Å². The van der Waals surface area contributed by atoms with E-state index in [1.54, 1.807) is 39.1 Å². The normalized spacial score (nSPS) is 13.2. The molecule has 0 aromatic carbocycles. The summed E-state index contributed by atoms with van der Waals surface area (Å²) in [7, 11) is 1.61. The van der Waals surface area contributed by atoms with Crippen molar-refractivity contribution in [1.82, 2.24) is 14.1 Å². The van der Waals surface area contributed by atoms with Crippen LogP contribution in [0.5, 0.6) is 0 Å². The third-order valence-corrected chi connectivity index (χ3v) is 5.80. The molecule has 2 aromatic rings. The molecule has 34 heavy (non-hydrogen) atoms. The SMILES string of the molecule is C=C(C)/C(=C\C=C(/C)Cl)C(Nc1cc(Cl)cn(C)c1=O)c1c(C(=O)OCC)nc(Br)n1C(C)C. The monoisotopic (exact) mass is 570 g/mol. The lowest BCUT2D eigenvalue weighted by Crippen LogP contribution is -2.27. The molecule has 1 unspecified atom stereocenters. The molecule has 10 heteroatoms. The highest BCUT2D eigenvalue weighted by Crippen LogP contribution is 2.36. The molecule has 2 aromatic heterocycles. The number of ether oxygens (including phenoxy) is 1. The summed E-state index contributed by atoms with van der Waals surface area (Å²) < 4.78 is 9.00. The zero-order chi connectivity index (χ0) is 25.7. The number of anilines is 1. The molecule has 0 spiro atoms. The summed E-state index contributed by atoms with van der Waals surface area (Å²) in [5, 5.41) is 4.22. The highest BCUT2D eigenvalue weighted by atomic mass is 79.9. The summed E-state index contributed by atoms with van der Waals surface area (Å²) in [6.07, 6.45) is 5.06. The molecule has 2 rings (SSSR count).